The molecule has 0 radical (unpaired) electrons. The number of aliphatic hydroxyl groups excluding tert-OH is 1. The van der Waals surface area contributed by atoms with Crippen LogP contribution in [-0.2, 0) is 0 Å². The van der Waals surface area contributed by atoms with Crippen molar-refractivity contribution < 1.29 is 5.11 Å². The van der Waals surface area contributed by atoms with Gasteiger partial charge in [-0.3, -0.25) is 0 Å². The molecule has 88 valence electrons. The van der Waals surface area contributed by atoms with Crippen LogP contribution in [0.1, 0.15) is 30.9 Å². The fourth-order valence-electron chi connectivity index (χ4n) is 2.17. The van der Waals surface area contributed by atoms with Crippen molar-refractivity contribution in [2.45, 2.75) is 25.3 Å². The summed E-state index contributed by atoms with van der Waals surface area (Å²) < 4.78 is 0. The smallest absolute Gasteiger partial charge is 0.133 e. The predicted molar refractivity (Wildman–Crippen MR) is 64.3 cm³/mol. The summed E-state index contributed by atoms with van der Waals surface area (Å²) in [4.78, 5) is 6.68. The van der Waals surface area contributed by atoms with E-state index in [0.29, 0.717) is 0 Å². The minimum atomic E-state index is -0.328. The number of piperidine rings is 1. The summed E-state index contributed by atoms with van der Waals surface area (Å²) in [5, 5.41) is 9.14. The molecular formula is C12H19N3O. The third-order valence-electron chi connectivity index (χ3n) is 3.07. The maximum absolute atomic E-state index is 9.14. The largest absolute Gasteiger partial charge is 0.394 e. The number of hydrogen-bond donors (Lipinski definition) is 2. The Labute approximate surface area is 96.1 Å². The van der Waals surface area contributed by atoms with Crippen LogP contribution in [0.5, 0.6) is 0 Å². The Morgan fingerprint density at radius 2 is 2.12 bits per heavy atom. The van der Waals surface area contributed by atoms with E-state index in [4.69, 9.17) is 10.8 Å². The molecule has 0 amide bonds. The van der Waals surface area contributed by atoms with Gasteiger partial charge in [-0.2, -0.15) is 0 Å². The SMILES string of the molecule is N[C@@H](CO)c1cccnc1N1CCCCC1. The van der Waals surface area contributed by atoms with E-state index in [2.05, 4.69) is 9.88 Å². The van der Waals surface area contributed by atoms with Gasteiger partial charge in [0, 0.05) is 24.8 Å². The molecule has 1 aliphatic heterocycles. The molecule has 0 saturated carbocycles. The first kappa shape index (κ1) is 11.4. The second-order valence-corrected chi connectivity index (χ2v) is 4.25. The quantitative estimate of drug-likeness (QED) is 0.801. The highest BCUT2D eigenvalue weighted by Gasteiger charge is 2.18. The number of aromatic nitrogens is 1. The number of anilines is 1. The van der Waals surface area contributed by atoms with Crippen LogP contribution in [0.2, 0.25) is 0 Å². The molecule has 0 aromatic carbocycles. The maximum atomic E-state index is 9.14. The Morgan fingerprint density at radius 1 is 1.38 bits per heavy atom. The van der Waals surface area contributed by atoms with E-state index < -0.39 is 0 Å². The van der Waals surface area contributed by atoms with Gasteiger partial charge in [-0.25, -0.2) is 4.98 Å². The molecule has 1 fully saturated rings. The second kappa shape index (κ2) is 5.27. The molecule has 16 heavy (non-hydrogen) atoms. The average molecular weight is 221 g/mol. The summed E-state index contributed by atoms with van der Waals surface area (Å²) in [6.07, 6.45) is 5.51. The van der Waals surface area contributed by atoms with Crippen LogP contribution < -0.4 is 10.6 Å². The van der Waals surface area contributed by atoms with Crippen molar-refractivity contribution in [1.29, 1.82) is 0 Å². The first-order valence-electron chi connectivity index (χ1n) is 5.89. The van der Waals surface area contributed by atoms with Gasteiger partial charge in [-0.15, -0.1) is 0 Å². The molecule has 0 aliphatic carbocycles. The summed E-state index contributed by atoms with van der Waals surface area (Å²) in [7, 11) is 0. The molecule has 0 unspecified atom stereocenters. The molecule has 1 aromatic heterocycles. The zero-order valence-corrected chi connectivity index (χ0v) is 9.47. The lowest BCUT2D eigenvalue weighted by molar-refractivity contribution is 0.268. The van der Waals surface area contributed by atoms with Crippen molar-refractivity contribution in [2.75, 3.05) is 24.6 Å². The number of rotatable bonds is 3. The molecule has 4 heteroatoms. The minimum absolute atomic E-state index is 0.0352. The summed E-state index contributed by atoms with van der Waals surface area (Å²) in [5.41, 5.74) is 6.84. The van der Waals surface area contributed by atoms with Gasteiger partial charge >= 0.3 is 0 Å². The first-order chi connectivity index (χ1) is 7.83. The highest BCUT2D eigenvalue weighted by molar-refractivity contribution is 5.48. The number of nitrogens with zero attached hydrogens (tertiary/aromatic N) is 2. The van der Waals surface area contributed by atoms with E-state index in [1.807, 2.05) is 12.1 Å². The Hall–Kier alpha value is -1.13. The van der Waals surface area contributed by atoms with Crippen LogP contribution >= 0.6 is 0 Å². The van der Waals surface area contributed by atoms with Crippen LogP contribution in [0.3, 0.4) is 0 Å². The third-order valence-corrected chi connectivity index (χ3v) is 3.07. The molecule has 3 N–H and O–H groups in total. The second-order valence-electron chi connectivity index (χ2n) is 4.25. The molecule has 1 aliphatic rings. The summed E-state index contributed by atoms with van der Waals surface area (Å²) in [6, 6.07) is 3.50. The summed E-state index contributed by atoms with van der Waals surface area (Å²) in [6.45, 7) is 2.05. The molecule has 0 spiro atoms. The predicted octanol–water partition coefficient (Wildman–Crippen LogP) is 1.06. The lowest BCUT2D eigenvalue weighted by Crippen LogP contribution is -2.32. The number of aliphatic hydroxyl groups is 1. The topological polar surface area (TPSA) is 62.4 Å². The van der Waals surface area contributed by atoms with Crippen molar-refractivity contribution >= 4 is 5.82 Å². The minimum Gasteiger partial charge on any atom is -0.394 e. The van der Waals surface area contributed by atoms with Crippen LogP contribution in [0.25, 0.3) is 0 Å². The lowest BCUT2D eigenvalue weighted by Gasteiger charge is -2.30. The van der Waals surface area contributed by atoms with Crippen molar-refractivity contribution in [3.05, 3.63) is 23.9 Å². The van der Waals surface area contributed by atoms with Gasteiger partial charge < -0.3 is 15.7 Å². The first-order valence-corrected chi connectivity index (χ1v) is 5.89. The van der Waals surface area contributed by atoms with Crippen LogP contribution in [0, 0.1) is 0 Å². The number of nitrogens with two attached hydrogens (primary N) is 1. The zero-order valence-electron chi connectivity index (χ0n) is 9.47. The fourth-order valence-corrected chi connectivity index (χ4v) is 2.17. The van der Waals surface area contributed by atoms with E-state index >= 15 is 0 Å². The van der Waals surface area contributed by atoms with Gasteiger partial charge in [-0.1, -0.05) is 6.07 Å². The van der Waals surface area contributed by atoms with Crippen LogP contribution in [0.4, 0.5) is 5.82 Å². The van der Waals surface area contributed by atoms with Gasteiger partial charge in [0.25, 0.3) is 0 Å². The third kappa shape index (κ3) is 2.33. The van der Waals surface area contributed by atoms with E-state index in [9.17, 15) is 0 Å². The number of hydrogen-bond acceptors (Lipinski definition) is 4. The van der Waals surface area contributed by atoms with Crippen molar-refractivity contribution in [3.63, 3.8) is 0 Å². The molecule has 2 heterocycles. The average Bonchev–Trinajstić information content (AvgIpc) is 2.39. The van der Waals surface area contributed by atoms with Crippen LogP contribution in [-0.4, -0.2) is 29.8 Å². The molecule has 1 atom stereocenters. The van der Waals surface area contributed by atoms with Gasteiger partial charge in [0.2, 0.25) is 0 Å². The maximum Gasteiger partial charge on any atom is 0.133 e. The highest BCUT2D eigenvalue weighted by atomic mass is 16.3. The highest BCUT2D eigenvalue weighted by Crippen LogP contribution is 2.25. The number of pyridine rings is 1. The van der Waals surface area contributed by atoms with Gasteiger partial charge in [-0.05, 0) is 25.3 Å². The molecule has 1 saturated heterocycles. The van der Waals surface area contributed by atoms with E-state index in [0.717, 1.165) is 24.5 Å². The standard InChI is InChI=1S/C12H19N3O/c13-11(9-16)10-5-4-6-14-12(10)15-7-2-1-3-8-15/h4-6,11,16H,1-3,7-9,13H2/t11-/m0/s1. The van der Waals surface area contributed by atoms with Gasteiger partial charge in [0.05, 0.1) is 12.6 Å². The monoisotopic (exact) mass is 221 g/mol. The normalized spacial score (nSPS) is 18.5. The molecule has 0 bridgehead atoms. The van der Waals surface area contributed by atoms with E-state index in [1.54, 1.807) is 6.20 Å². The van der Waals surface area contributed by atoms with Crippen molar-refractivity contribution in [2.24, 2.45) is 5.73 Å². The Kier molecular flexibility index (Phi) is 3.74. The Balaban J connectivity index is 2.24. The Morgan fingerprint density at radius 3 is 2.81 bits per heavy atom. The summed E-state index contributed by atoms with van der Waals surface area (Å²) in [5.74, 6) is 0.948. The van der Waals surface area contributed by atoms with Crippen molar-refractivity contribution in [3.8, 4) is 0 Å². The molecular weight excluding hydrogens is 202 g/mol. The molecule has 1 aromatic rings. The Bertz CT molecular complexity index is 337. The van der Waals surface area contributed by atoms with E-state index in [-0.39, 0.29) is 12.6 Å². The zero-order chi connectivity index (χ0) is 11.4. The lowest BCUT2D eigenvalue weighted by atomic mass is 10.1. The molecule has 2 rings (SSSR count). The van der Waals surface area contributed by atoms with Gasteiger partial charge in [0.15, 0.2) is 0 Å². The van der Waals surface area contributed by atoms with Crippen molar-refractivity contribution in [1.82, 2.24) is 4.98 Å². The fraction of sp³-hybridized carbons (Fsp3) is 0.583. The van der Waals surface area contributed by atoms with Crippen LogP contribution in [0.15, 0.2) is 18.3 Å². The molecule has 4 nitrogen and oxygen atoms in total. The summed E-state index contributed by atoms with van der Waals surface area (Å²) >= 11 is 0. The van der Waals surface area contributed by atoms with E-state index in [1.165, 1.54) is 19.3 Å². The van der Waals surface area contributed by atoms with Gasteiger partial charge in [0.1, 0.15) is 5.82 Å².